The zero-order valence-electron chi connectivity index (χ0n) is 15.6. The molecule has 0 saturated carbocycles. The van der Waals surface area contributed by atoms with Gasteiger partial charge in [-0.25, -0.2) is 4.63 Å². The minimum Gasteiger partial charge on any atom is -0.383 e. The molecule has 2 aliphatic heterocycles. The summed E-state index contributed by atoms with van der Waals surface area (Å²) in [6, 6.07) is 1.78. The third kappa shape index (κ3) is 4.01. The van der Waals surface area contributed by atoms with E-state index in [1.54, 1.807) is 6.07 Å². The normalized spacial score (nSPS) is 18.5. The van der Waals surface area contributed by atoms with Crippen molar-refractivity contribution < 1.29 is 19.0 Å². The number of nitro benzene ring substituents is 1. The third-order valence-corrected chi connectivity index (χ3v) is 5.10. The summed E-state index contributed by atoms with van der Waals surface area (Å²) in [4.78, 5) is 15.6. The van der Waals surface area contributed by atoms with Gasteiger partial charge in [0.05, 0.1) is 37.0 Å². The molecule has 152 valence electrons. The molecule has 0 spiro atoms. The zero-order chi connectivity index (χ0) is 19.3. The number of anilines is 2. The summed E-state index contributed by atoms with van der Waals surface area (Å²) >= 11 is 0. The molecule has 0 unspecified atom stereocenters. The van der Waals surface area contributed by atoms with Gasteiger partial charge in [-0.3, -0.25) is 15.0 Å². The van der Waals surface area contributed by atoms with Gasteiger partial charge in [-0.15, -0.1) is 0 Å². The fraction of sp³-hybridized carbons (Fsp3) is 0.647. The molecule has 0 amide bonds. The molecule has 0 atom stereocenters. The largest absolute Gasteiger partial charge is 0.383 e. The molecular weight excluding hydrogens is 368 g/mol. The van der Waals surface area contributed by atoms with E-state index in [4.69, 9.17) is 14.1 Å². The monoisotopic (exact) mass is 392 g/mol. The van der Waals surface area contributed by atoms with Crippen LogP contribution in [0, 0.1) is 10.1 Å². The Balaban J connectivity index is 1.52. The zero-order valence-corrected chi connectivity index (χ0v) is 15.6. The van der Waals surface area contributed by atoms with Gasteiger partial charge in [0.1, 0.15) is 5.69 Å². The molecule has 1 aromatic carbocycles. The second-order valence-electron chi connectivity index (χ2n) is 6.84. The van der Waals surface area contributed by atoms with Crippen LogP contribution in [0.5, 0.6) is 0 Å². The van der Waals surface area contributed by atoms with Gasteiger partial charge in [0, 0.05) is 32.7 Å². The molecule has 2 aliphatic rings. The number of hydrogen-bond acceptors (Lipinski definition) is 10. The van der Waals surface area contributed by atoms with Crippen molar-refractivity contribution in [1.82, 2.24) is 15.2 Å². The topological polar surface area (TPSA) is 119 Å². The van der Waals surface area contributed by atoms with Crippen molar-refractivity contribution in [2.45, 2.75) is 6.42 Å². The lowest BCUT2D eigenvalue weighted by Crippen LogP contribution is -2.37. The number of nitro groups is 1. The molecule has 1 aromatic heterocycles. The van der Waals surface area contributed by atoms with E-state index in [2.05, 4.69) is 20.5 Å². The third-order valence-electron chi connectivity index (χ3n) is 5.10. The van der Waals surface area contributed by atoms with Crippen LogP contribution in [0.1, 0.15) is 6.42 Å². The van der Waals surface area contributed by atoms with Gasteiger partial charge in [0.2, 0.25) is 5.52 Å². The highest BCUT2D eigenvalue weighted by atomic mass is 16.6. The number of hydrogen-bond donors (Lipinski definition) is 1. The summed E-state index contributed by atoms with van der Waals surface area (Å²) in [6.07, 6.45) is 0.941. The van der Waals surface area contributed by atoms with E-state index in [0.717, 1.165) is 45.8 Å². The lowest BCUT2D eigenvalue weighted by molar-refractivity contribution is -0.382. The predicted molar refractivity (Wildman–Crippen MR) is 102 cm³/mol. The van der Waals surface area contributed by atoms with E-state index in [9.17, 15) is 10.1 Å². The number of ether oxygens (including phenoxy) is 2. The van der Waals surface area contributed by atoms with Crippen LogP contribution in [0.2, 0.25) is 0 Å². The van der Waals surface area contributed by atoms with Gasteiger partial charge < -0.3 is 19.7 Å². The Hall–Kier alpha value is -2.50. The second-order valence-corrected chi connectivity index (χ2v) is 6.84. The van der Waals surface area contributed by atoms with Gasteiger partial charge in [0.25, 0.3) is 0 Å². The Kier molecular flexibility index (Phi) is 5.84. The molecule has 4 rings (SSSR count). The highest BCUT2D eigenvalue weighted by Crippen LogP contribution is 2.39. The van der Waals surface area contributed by atoms with Crippen LogP contribution < -0.4 is 10.2 Å². The molecule has 11 nitrogen and oxygen atoms in total. The van der Waals surface area contributed by atoms with Crippen molar-refractivity contribution >= 4 is 28.1 Å². The van der Waals surface area contributed by atoms with Crippen molar-refractivity contribution in [1.29, 1.82) is 0 Å². The van der Waals surface area contributed by atoms with Gasteiger partial charge in [0.15, 0.2) is 5.52 Å². The van der Waals surface area contributed by atoms with Crippen LogP contribution in [-0.4, -0.2) is 85.8 Å². The Bertz CT molecular complexity index is 816. The molecule has 2 aromatic rings. The Morgan fingerprint density at radius 3 is 2.46 bits per heavy atom. The minimum absolute atomic E-state index is 0.0722. The van der Waals surface area contributed by atoms with Gasteiger partial charge >= 0.3 is 5.69 Å². The Labute approximate surface area is 161 Å². The highest BCUT2D eigenvalue weighted by Gasteiger charge is 2.29. The lowest BCUT2D eigenvalue weighted by Gasteiger charge is -2.29. The summed E-state index contributed by atoms with van der Waals surface area (Å²) in [5.41, 5.74) is 1.70. The molecule has 11 heteroatoms. The summed E-state index contributed by atoms with van der Waals surface area (Å²) in [6.45, 7) is 7.42. The summed E-state index contributed by atoms with van der Waals surface area (Å²) in [5.74, 6) is 0. The number of morpholine rings is 2. The maximum atomic E-state index is 11.7. The van der Waals surface area contributed by atoms with E-state index in [-0.39, 0.29) is 11.2 Å². The molecule has 0 radical (unpaired) electrons. The molecule has 3 heterocycles. The first kappa shape index (κ1) is 18.8. The predicted octanol–water partition coefficient (Wildman–Crippen LogP) is 1.10. The van der Waals surface area contributed by atoms with E-state index in [1.807, 2.05) is 4.90 Å². The van der Waals surface area contributed by atoms with Gasteiger partial charge in [-0.2, -0.15) is 0 Å². The van der Waals surface area contributed by atoms with Crippen molar-refractivity contribution in [3.8, 4) is 0 Å². The Morgan fingerprint density at radius 2 is 1.75 bits per heavy atom. The van der Waals surface area contributed by atoms with Gasteiger partial charge in [-0.1, -0.05) is 0 Å². The van der Waals surface area contributed by atoms with Crippen molar-refractivity contribution in [2.75, 3.05) is 75.9 Å². The summed E-state index contributed by atoms with van der Waals surface area (Å²) < 4.78 is 15.6. The van der Waals surface area contributed by atoms with Gasteiger partial charge in [-0.05, 0) is 29.3 Å². The minimum atomic E-state index is -0.417. The molecule has 2 fully saturated rings. The number of nitrogens with one attached hydrogen (secondary N) is 1. The quantitative estimate of drug-likeness (QED) is 0.417. The fourth-order valence-electron chi connectivity index (χ4n) is 3.63. The molecule has 2 saturated heterocycles. The average molecular weight is 392 g/mol. The van der Waals surface area contributed by atoms with Crippen LogP contribution in [0.25, 0.3) is 11.0 Å². The summed E-state index contributed by atoms with van der Waals surface area (Å²) in [7, 11) is 0. The SMILES string of the molecule is O=[N+]([O-])c1c(N2CCOCC2)cc(NCCCN2CCOCC2)c2nonc12. The average Bonchev–Trinajstić information content (AvgIpc) is 3.21. The maximum Gasteiger partial charge on any atom is 0.323 e. The van der Waals surface area contributed by atoms with E-state index < -0.39 is 4.92 Å². The lowest BCUT2D eigenvalue weighted by atomic mass is 10.1. The standard InChI is InChI=1S/C17H24N6O5/c24-23(25)17-14(22-6-10-27-11-7-22)12-13(15-16(17)20-28-19-15)18-2-1-3-21-4-8-26-9-5-21/h12,18H,1-11H2. The van der Waals surface area contributed by atoms with Crippen LogP contribution in [0.15, 0.2) is 10.7 Å². The fourth-order valence-corrected chi connectivity index (χ4v) is 3.63. The van der Waals surface area contributed by atoms with E-state index in [0.29, 0.717) is 43.2 Å². The van der Waals surface area contributed by atoms with Crippen LogP contribution in [0.3, 0.4) is 0 Å². The van der Waals surface area contributed by atoms with Crippen LogP contribution >= 0.6 is 0 Å². The number of nitrogens with zero attached hydrogens (tertiary/aromatic N) is 5. The Morgan fingerprint density at radius 1 is 1.07 bits per heavy atom. The molecule has 1 N–H and O–H groups in total. The number of rotatable bonds is 7. The first-order valence-corrected chi connectivity index (χ1v) is 9.54. The molecule has 0 bridgehead atoms. The van der Waals surface area contributed by atoms with E-state index >= 15 is 0 Å². The summed E-state index contributed by atoms with van der Waals surface area (Å²) in [5, 5.41) is 22.8. The first-order chi connectivity index (χ1) is 13.7. The second kappa shape index (κ2) is 8.67. The van der Waals surface area contributed by atoms with E-state index in [1.165, 1.54) is 0 Å². The number of aromatic nitrogens is 2. The molecule has 28 heavy (non-hydrogen) atoms. The highest BCUT2D eigenvalue weighted by molar-refractivity contribution is 5.99. The van der Waals surface area contributed by atoms with Crippen molar-refractivity contribution in [3.05, 3.63) is 16.2 Å². The van der Waals surface area contributed by atoms with Crippen molar-refractivity contribution in [2.24, 2.45) is 0 Å². The number of benzene rings is 1. The van der Waals surface area contributed by atoms with Crippen LogP contribution in [0.4, 0.5) is 17.1 Å². The van der Waals surface area contributed by atoms with Crippen molar-refractivity contribution in [3.63, 3.8) is 0 Å². The first-order valence-electron chi connectivity index (χ1n) is 9.54. The smallest absolute Gasteiger partial charge is 0.323 e. The molecular formula is C17H24N6O5. The van der Waals surface area contributed by atoms with Crippen LogP contribution in [-0.2, 0) is 9.47 Å². The number of fused-ring (bicyclic) bond motifs is 1. The maximum absolute atomic E-state index is 11.7. The molecule has 0 aliphatic carbocycles.